The van der Waals surface area contributed by atoms with Gasteiger partial charge in [0.2, 0.25) is 5.91 Å². The average Bonchev–Trinajstić information content (AvgIpc) is 3.18. The number of piperidine rings is 1. The molecule has 0 unspecified atom stereocenters. The minimum atomic E-state index is -0.249. The third kappa shape index (κ3) is 5.36. The summed E-state index contributed by atoms with van der Waals surface area (Å²) in [4.78, 5) is 15.4. The summed E-state index contributed by atoms with van der Waals surface area (Å²) in [6.45, 7) is 8.01. The molecule has 2 aromatic rings. The predicted octanol–water partition coefficient (Wildman–Crippen LogP) is 4.19. The Morgan fingerprint density at radius 3 is 2.48 bits per heavy atom. The van der Waals surface area contributed by atoms with Crippen molar-refractivity contribution in [3.05, 3.63) is 48.8 Å². The van der Waals surface area contributed by atoms with Crippen LogP contribution in [-0.2, 0) is 4.79 Å². The van der Waals surface area contributed by atoms with Gasteiger partial charge in [0.05, 0.1) is 5.69 Å². The van der Waals surface area contributed by atoms with E-state index in [2.05, 4.69) is 24.1 Å². The molecule has 0 bridgehead atoms. The number of aromatic nitrogens is 1. The number of carbonyl (C=O) groups excluding carboxylic acids is 1. The van der Waals surface area contributed by atoms with E-state index in [1.54, 1.807) is 0 Å². The highest BCUT2D eigenvalue weighted by molar-refractivity contribution is 5.95. The van der Waals surface area contributed by atoms with Crippen LogP contribution in [0.4, 0.5) is 5.69 Å². The smallest absolute Gasteiger partial charge is 0.247 e. The van der Waals surface area contributed by atoms with Crippen LogP contribution in [-0.4, -0.2) is 41.6 Å². The molecule has 0 saturated carbocycles. The second kappa shape index (κ2) is 9.60. The Morgan fingerprint density at radius 2 is 1.78 bits per heavy atom. The lowest BCUT2D eigenvalue weighted by Gasteiger charge is -2.26. The zero-order chi connectivity index (χ0) is 19.1. The number of ether oxygens (including phenoxy) is 1. The molecular weight excluding hydrogens is 338 g/mol. The Morgan fingerprint density at radius 1 is 1.07 bits per heavy atom. The number of amides is 1. The van der Waals surface area contributed by atoms with Crippen molar-refractivity contribution in [2.24, 2.45) is 5.92 Å². The zero-order valence-corrected chi connectivity index (χ0v) is 16.4. The quantitative estimate of drug-likeness (QED) is 0.759. The third-order valence-electron chi connectivity index (χ3n) is 5.11. The second-order valence-corrected chi connectivity index (χ2v) is 7.56. The molecule has 5 nitrogen and oxygen atoms in total. The fourth-order valence-corrected chi connectivity index (χ4v) is 3.69. The standard InChI is InChI=1S/C22H31N3O2/c1-18(2)21(25-14-8-9-15-25)22(26)23-19-10-4-5-11-20(19)27-17-16-24-12-6-3-7-13-24/h4-5,8-11,14-15,18,21H,3,6-7,12-13,16-17H2,1-2H3,(H,23,26)/t21-/m0/s1. The predicted molar refractivity (Wildman–Crippen MR) is 109 cm³/mol. The highest BCUT2D eigenvalue weighted by Crippen LogP contribution is 2.27. The van der Waals surface area contributed by atoms with Crippen molar-refractivity contribution in [1.29, 1.82) is 0 Å². The first-order chi connectivity index (χ1) is 13.1. The van der Waals surface area contributed by atoms with E-state index in [4.69, 9.17) is 4.74 Å². The lowest BCUT2D eigenvalue weighted by Crippen LogP contribution is -2.33. The van der Waals surface area contributed by atoms with Crippen molar-refractivity contribution in [3.63, 3.8) is 0 Å². The molecule has 1 saturated heterocycles. The molecule has 1 atom stereocenters. The molecular formula is C22H31N3O2. The Labute approximate surface area is 162 Å². The fraction of sp³-hybridized carbons (Fsp3) is 0.500. The minimum Gasteiger partial charge on any atom is -0.490 e. The maximum atomic E-state index is 12.9. The molecule has 27 heavy (non-hydrogen) atoms. The Bertz CT molecular complexity index is 706. The number of anilines is 1. The van der Waals surface area contributed by atoms with E-state index in [-0.39, 0.29) is 17.9 Å². The summed E-state index contributed by atoms with van der Waals surface area (Å²) >= 11 is 0. The largest absolute Gasteiger partial charge is 0.490 e. The van der Waals surface area contributed by atoms with Gasteiger partial charge in [-0.25, -0.2) is 0 Å². The summed E-state index contributed by atoms with van der Waals surface area (Å²) in [6.07, 6.45) is 7.77. The van der Waals surface area contributed by atoms with Crippen molar-refractivity contribution in [2.45, 2.75) is 39.2 Å². The van der Waals surface area contributed by atoms with Gasteiger partial charge in [0, 0.05) is 18.9 Å². The lowest BCUT2D eigenvalue weighted by molar-refractivity contribution is -0.120. The molecule has 1 aromatic carbocycles. The van der Waals surface area contributed by atoms with Crippen molar-refractivity contribution in [3.8, 4) is 5.75 Å². The normalized spacial score (nSPS) is 16.3. The van der Waals surface area contributed by atoms with E-state index in [0.29, 0.717) is 6.61 Å². The van der Waals surface area contributed by atoms with E-state index in [9.17, 15) is 4.79 Å². The zero-order valence-electron chi connectivity index (χ0n) is 16.4. The maximum absolute atomic E-state index is 12.9. The number of para-hydroxylation sites is 2. The summed E-state index contributed by atoms with van der Waals surface area (Å²) in [6, 6.07) is 11.3. The summed E-state index contributed by atoms with van der Waals surface area (Å²) in [5.41, 5.74) is 0.735. The maximum Gasteiger partial charge on any atom is 0.247 e. The summed E-state index contributed by atoms with van der Waals surface area (Å²) in [5.74, 6) is 0.899. The van der Waals surface area contributed by atoms with Crippen LogP contribution in [0.3, 0.4) is 0 Å². The molecule has 0 aliphatic carbocycles. The van der Waals surface area contributed by atoms with Crippen LogP contribution in [0.5, 0.6) is 5.75 Å². The number of rotatable bonds is 8. The molecule has 1 aromatic heterocycles. The topological polar surface area (TPSA) is 46.5 Å². The van der Waals surface area contributed by atoms with Gasteiger partial charge in [0.25, 0.3) is 0 Å². The van der Waals surface area contributed by atoms with Gasteiger partial charge in [-0.3, -0.25) is 9.69 Å². The Hall–Kier alpha value is -2.27. The van der Waals surface area contributed by atoms with Crippen LogP contribution in [0.25, 0.3) is 0 Å². The van der Waals surface area contributed by atoms with Crippen LogP contribution < -0.4 is 10.1 Å². The highest BCUT2D eigenvalue weighted by Gasteiger charge is 2.24. The van der Waals surface area contributed by atoms with Gasteiger partial charge in [0.1, 0.15) is 18.4 Å². The highest BCUT2D eigenvalue weighted by atomic mass is 16.5. The number of benzene rings is 1. The first-order valence-electron chi connectivity index (χ1n) is 10.0. The molecule has 5 heteroatoms. The summed E-state index contributed by atoms with van der Waals surface area (Å²) in [5, 5.41) is 3.07. The van der Waals surface area contributed by atoms with Gasteiger partial charge in [-0.1, -0.05) is 32.4 Å². The number of hydrogen-bond donors (Lipinski definition) is 1. The monoisotopic (exact) mass is 369 g/mol. The molecule has 0 spiro atoms. The summed E-state index contributed by atoms with van der Waals surface area (Å²) < 4.78 is 7.97. The number of nitrogens with one attached hydrogen (secondary N) is 1. The van der Waals surface area contributed by atoms with Crippen molar-refractivity contribution in [2.75, 3.05) is 31.6 Å². The molecule has 146 valence electrons. The van der Waals surface area contributed by atoms with E-state index in [1.807, 2.05) is 53.4 Å². The Balaban J connectivity index is 1.61. The van der Waals surface area contributed by atoms with Gasteiger partial charge in [-0.05, 0) is 56.1 Å². The van der Waals surface area contributed by atoms with Gasteiger partial charge in [-0.15, -0.1) is 0 Å². The van der Waals surface area contributed by atoms with Crippen LogP contribution in [0.15, 0.2) is 48.8 Å². The van der Waals surface area contributed by atoms with Crippen molar-refractivity contribution in [1.82, 2.24) is 9.47 Å². The number of carbonyl (C=O) groups is 1. The molecule has 2 heterocycles. The van der Waals surface area contributed by atoms with Crippen molar-refractivity contribution >= 4 is 11.6 Å². The second-order valence-electron chi connectivity index (χ2n) is 7.56. The summed E-state index contributed by atoms with van der Waals surface area (Å²) in [7, 11) is 0. The van der Waals surface area contributed by atoms with E-state index < -0.39 is 0 Å². The van der Waals surface area contributed by atoms with Gasteiger partial charge in [-0.2, -0.15) is 0 Å². The van der Waals surface area contributed by atoms with E-state index in [1.165, 1.54) is 19.3 Å². The van der Waals surface area contributed by atoms with Gasteiger partial charge < -0.3 is 14.6 Å². The van der Waals surface area contributed by atoms with E-state index in [0.717, 1.165) is 31.1 Å². The van der Waals surface area contributed by atoms with Gasteiger partial charge >= 0.3 is 0 Å². The number of hydrogen-bond acceptors (Lipinski definition) is 3. The number of nitrogens with zero attached hydrogens (tertiary/aromatic N) is 2. The Kier molecular flexibility index (Phi) is 6.93. The van der Waals surface area contributed by atoms with Crippen LogP contribution in [0.1, 0.15) is 39.2 Å². The molecule has 1 aliphatic heterocycles. The first kappa shape index (κ1) is 19.5. The van der Waals surface area contributed by atoms with Crippen molar-refractivity contribution < 1.29 is 9.53 Å². The molecule has 1 aliphatic rings. The van der Waals surface area contributed by atoms with Crippen LogP contribution in [0, 0.1) is 5.92 Å². The minimum absolute atomic E-state index is 0.0201. The number of likely N-dealkylation sites (tertiary alicyclic amines) is 1. The fourth-order valence-electron chi connectivity index (χ4n) is 3.69. The molecule has 1 amide bonds. The SMILES string of the molecule is CC(C)[C@@H](C(=O)Nc1ccccc1OCCN1CCCCC1)n1cccc1. The molecule has 3 rings (SSSR count). The lowest BCUT2D eigenvalue weighted by atomic mass is 10.0. The first-order valence-corrected chi connectivity index (χ1v) is 10.0. The van der Waals surface area contributed by atoms with Crippen LogP contribution >= 0.6 is 0 Å². The molecule has 1 fully saturated rings. The third-order valence-corrected chi connectivity index (χ3v) is 5.11. The average molecular weight is 370 g/mol. The van der Waals surface area contributed by atoms with Gasteiger partial charge in [0.15, 0.2) is 0 Å². The van der Waals surface area contributed by atoms with Crippen LogP contribution in [0.2, 0.25) is 0 Å². The van der Waals surface area contributed by atoms with E-state index >= 15 is 0 Å². The molecule has 1 N–H and O–H groups in total. The molecule has 0 radical (unpaired) electrons.